The monoisotopic (exact) mass is 343 g/mol. The van der Waals surface area contributed by atoms with Crippen LogP contribution >= 0.6 is 0 Å². The highest BCUT2D eigenvalue weighted by Crippen LogP contribution is 2.30. The van der Waals surface area contributed by atoms with Crippen molar-refractivity contribution in [2.75, 3.05) is 5.32 Å². The second-order valence-electron chi connectivity index (χ2n) is 7.07. The topological polar surface area (TPSA) is 84.2 Å². The normalized spacial score (nSPS) is 11.4. The average Bonchev–Trinajstić information content (AvgIpc) is 2.55. The van der Waals surface area contributed by atoms with Crippen LogP contribution in [-0.2, 0) is 12.0 Å². The van der Waals surface area contributed by atoms with Crippen LogP contribution in [0.1, 0.15) is 56.6 Å². The summed E-state index contributed by atoms with van der Waals surface area (Å²) in [6.45, 7) is 8.65. The van der Waals surface area contributed by atoms with Crippen molar-refractivity contribution in [2.24, 2.45) is 0 Å². The molecular weight excluding hydrogens is 318 g/mol. The number of amides is 1. The molecule has 0 spiro atoms. The van der Waals surface area contributed by atoms with Gasteiger partial charge in [0.2, 0.25) is 0 Å². The lowest BCUT2D eigenvalue weighted by atomic mass is 9.87. The van der Waals surface area contributed by atoms with Gasteiger partial charge in [-0.25, -0.2) is 4.68 Å². The van der Waals surface area contributed by atoms with Crippen molar-refractivity contribution in [2.45, 2.75) is 52.5 Å². The van der Waals surface area contributed by atoms with Crippen molar-refractivity contribution in [3.05, 3.63) is 51.9 Å². The van der Waals surface area contributed by atoms with Crippen molar-refractivity contribution in [1.82, 2.24) is 9.78 Å². The van der Waals surface area contributed by atoms with Crippen LogP contribution in [0.25, 0.3) is 0 Å². The zero-order valence-corrected chi connectivity index (χ0v) is 15.2. The van der Waals surface area contributed by atoms with Gasteiger partial charge in [-0.1, -0.05) is 40.2 Å². The first kappa shape index (κ1) is 18.7. The molecule has 1 aromatic heterocycles. The Morgan fingerprint density at radius 1 is 1.24 bits per heavy atom. The number of hydrogen-bond donors (Lipinski definition) is 2. The number of unbranched alkanes of at least 4 members (excludes halogenated alkanes) is 1. The van der Waals surface area contributed by atoms with Crippen LogP contribution in [0.15, 0.2) is 35.1 Å². The molecule has 0 unspecified atom stereocenters. The zero-order valence-electron chi connectivity index (χ0n) is 15.2. The molecule has 2 rings (SSSR count). The Morgan fingerprint density at radius 3 is 2.60 bits per heavy atom. The van der Waals surface area contributed by atoms with E-state index in [1.807, 2.05) is 13.0 Å². The minimum atomic E-state index is -0.466. The van der Waals surface area contributed by atoms with Gasteiger partial charge in [0.1, 0.15) is 11.4 Å². The van der Waals surface area contributed by atoms with Crippen molar-refractivity contribution in [3.63, 3.8) is 0 Å². The van der Waals surface area contributed by atoms with Crippen LogP contribution in [0.3, 0.4) is 0 Å². The molecule has 0 atom stereocenters. The van der Waals surface area contributed by atoms with Gasteiger partial charge < -0.3 is 10.4 Å². The quantitative estimate of drug-likeness (QED) is 0.816. The van der Waals surface area contributed by atoms with Crippen molar-refractivity contribution in [1.29, 1.82) is 0 Å². The van der Waals surface area contributed by atoms with Crippen LogP contribution in [0.4, 0.5) is 5.69 Å². The second-order valence-corrected chi connectivity index (χ2v) is 7.07. The smallest absolute Gasteiger partial charge is 0.276 e. The highest BCUT2D eigenvalue weighted by Gasteiger charge is 2.17. The number of aromatic hydroxyl groups is 1. The van der Waals surface area contributed by atoms with E-state index in [-0.39, 0.29) is 22.4 Å². The molecule has 1 heterocycles. The van der Waals surface area contributed by atoms with Gasteiger partial charge in [-0.15, -0.1) is 0 Å². The van der Waals surface area contributed by atoms with E-state index >= 15 is 0 Å². The zero-order chi connectivity index (χ0) is 18.6. The summed E-state index contributed by atoms with van der Waals surface area (Å²) in [7, 11) is 0. The molecule has 2 N–H and O–H groups in total. The van der Waals surface area contributed by atoms with E-state index in [1.54, 1.807) is 12.1 Å². The van der Waals surface area contributed by atoms with Crippen LogP contribution in [0.5, 0.6) is 5.75 Å². The number of carbonyl (C=O) groups excluding carboxylic acids is 1. The molecule has 0 aliphatic heterocycles. The van der Waals surface area contributed by atoms with Gasteiger partial charge in [0.05, 0.1) is 5.69 Å². The van der Waals surface area contributed by atoms with Gasteiger partial charge in [-0.3, -0.25) is 9.59 Å². The Morgan fingerprint density at radius 2 is 1.96 bits per heavy atom. The molecule has 0 saturated carbocycles. The molecule has 0 bridgehead atoms. The van der Waals surface area contributed by atoms with E-state index in [1.165, 1.54) is 16.8 Å². The summed E-state index contributed by atoms with van der Waals surface area (Å²) in [5, 5.41) is 16.8. The number of carbonyl (C=O) groups is 1. The number of anilines is 1. The predicted molar refractivity (Wildman–Crippen MR) is 98.2 cm³/mol. The third kappa shape index (κ3) is 4.68. The molecule has 0 aliphatic rings. The van der Waals surface area contributed by atoms with E-state index in [2.05, 4.69) is 31.2 Å². The molecular formula is C19H25N3O3. The molecule has 0 aliphatic carbocycles. The van der Waals surface area contributed by atoms with Crippen LogP contribution < -0.4 is 10.9 Å². The fourth-order valence-corrected chi connectivity index (χ4v) is 2.33. The Kier molecular flexibility index (Phi) is 5.62. The molecule has 1 amide bonds. The first-order valence-electron chi connectivity index (χ1n) is 8.45. The van der Waals surface area contributed by atoms with Gasteiger partial charge in [-0.2, -0.15) is 5.10 Å². The Labute approximate surface area is 147 Å². The highest BCUT2D eigenvalue weighted by atomic mass is 16.3. The Bertz CT molecular complexity index is 819. The lowest BCUT2D eigenvalue weighted by Gasteiger charge is -2.20. The number of hydrogen-bond acceptors (Lipinski definition) is 4. The van der Waals surface area contributed by atoms with E-state index in [0.29, 0.717) is 12.2 Å². The predicted octanol–water partition coefficient (Wildman–Crippen LogP) is 3.30. The summed E-state index contributed by atoms with van der Waals surface area (Å²) in [5.41, 5.74) is 1.10. The number of aromatic nitrogens is 2. The van der Waals surface area contributed by atoms with E-state index in [9.17, 15) is 14.7 Å². The van der Waals surface area contributed by atoms with Crippen LogP contribution in [0, 0.1) is 0 Å². The first-order chi connectivity index (χ1) is 11.7. The van der Waals surface area contributed by atoms with Gasteiger partial charge in [-0.05, 0) is 35.6 Å². The highest BCUT2D eigenvalue weighted by molar-refractivity contribution is 6.03. The number of rotatable bonds is 5. The van der Waals surface area contributed by atoms with Gasteiger partial charge in [0.15, 0.2) is 0 Å². The largest absolute Gasteiger partial charge is 0.506 e. The van der Waals surface area contributed by atoms with E-state index in [0.717, 1.165) is 18.4 Å². The summed E-state index contributed by atoms with van der Waals surface area (Å²) in [6, 6.07) is 7.87. The summed E-state index contributed by atoms with van der Waals surface area (Å²) in [4.78, 5) is 24.3. The number of nitrogens with one attached hydrogen (secondary N) is 1. The van der Waals surface area contributed by atoms with Gasteiger partial charge in [0, 0.05) is 12.6 Å². The lowest BCUT2D eigenvalue weighted by molar-refractivity contribution is 0.101. The van der Waals surface area contributed by atoms with Gasteiger partial charge >= 0.3 is 0 Å². The maximum absolute atomic E-state index is 12.5. The standard InChI is InChI=1S/C19H25N3O3/c1-5-6-11-22-17(24)10-8-14(21-22)18(25)20-15-12-13(19(2,3)4)7-9-16(15)23/h7-10,12,23H,5-6,11H2,1-4H3,(H,20,25). The third-order valence-corrected chi connectivity index (χ3v) is 3.93. The summed E-state index contributed by atoms with van der Waals surface area (Å²) < 4.78 is 1.30. The molecule has 0 fully saturated rings. The maximum atomic E-state index is 12.5. The summed E-state index contributed by atoms with van der Waals surface area (Å²) in [6.07, 6.45) is 1.74. The second kappa shape index (κ2) is 7.51. The molecule has 134 valence electrons. The van der Waals surface area contributed by atoms with Crippen molar-refractivity contribution < 1.29 is 9.90 Å². The number of aryl methyl sites for hydroxylation is 1. The average molecular weight is 343 g/mol. The summed E-state index contributed by atoms with van der Waals surface area (Å²) in [5.74, 6) is -0.479. The van der Waals surface area contributed by atoms with E-state index < -0.39 is 5.91 Å². The Hall–Kier alpha value is -2.63. The summed E-state index contributed by atoms with van der Waals surface area (Å²) >= 11 is 0. The van der Waals surface area contributed by atoms with E-state index in [4.69, 9.17) is 0 Å². The maximum Gasteiger partial charge on any atom is 0.276 e. The number of phenolic OH excluding ortho intramolecular Hbond substituents is 1. The molecule has 6 heteroatoms. The number of benzene rings is 1. The third-order valence-electron chi connectivity index (χ3n) is 3.93. The van der Waals surface area contributed by atoms with Gasteiger partial charge in [0.25, 0.3) is 11.5 Å². The molecule has 6 nitrogen and oxygen atoms in total. The fourth-order valence-electron chi connectivity index (χ4n) is 2.33. The minimum absolute atomic E-state index is 0.0133. The first-order valence-corrected chi connectivity index (χ1v) is 8.45. The van der Waals surface area contributed by atoms with Crippen molar-refractivity contribution >= 4 is 11.6 Å². The number of phenols is 1. The molecule has 25 heavy (non-hydrogen) atoms. The van der Waals surface area contributed by atoms with Crippen molar-refractivity contribution in [3.8, 4) is 5.75 Å². The SMILES string of the molecule is CCCCn1nc(C(=O)Nc2cc(C(C)(C)C)ccc2O)ccc1=O. The van der Waals surface area contributed by atoms with Crippen LogP contribution in [0.2, 0.25) is 0 Å². The molecule has 2 aromatic rings. The molecule has 0 radical (unpaired) electrons. The molecule has 1 aromatic carbocycles. The van der Waals surface area contributed by atoms with Crippen LogP contribution in [-0.4, -0.2) is 20.8 Å². The number of nitrogens with zero attached hydrogens (tertiary/aromatic N) is 2. The lowest BCUT2D eigenvalue weighted by Crippen LogP contribution is -2.26. The minimum Gasteiger partial charge on any atom is -0.506 e. The fraction of sp³-hybridized carbons (Fsp3) is 0.421. The Balaban J connectivity index is 2.27. The molecule has 0 saturated heterocycles.